The number of benzene rings is 2. The second kappa shape index (κ2) is 8.51. The van der Waals surface area contributed by atoms with Gasteiger partial charge in [0.2, 0.25) is 5.91 Å². The van der Waals surface area contributed by atoms with Crippen LogP contribution in [-0.2, 0) is 16.1 Å². The van der Waals surface area contributed by atoms with E-state index in [0.29, 0.717) is 11.4 Å². The summed E-state index contributed by atoms with van der Waals surface area (Å²) in [6, 6.07) is 11.3. The van der Waals surface area contributed by atoms with Crippen molar-refractivity contribution >= 4 is 23.5 Å². The zero-order valence-corrected chi connectivity index (χ0v) is 15.3. The quantitative estimate of drug-likeness (QED) is 0.718. The van der Waals surface area contributed by atoms with E-state index in [2.05, 4.69) is 10.6 Å². The minimum absolute atomic E-state index is 0.0174. The standard InChI is InChI=1S/C20H20FN3O4/c1-28-16-7-5-13(6-8-16)12-24-19(26)17(23-20(24)27)9-10-18(25)22-15-4-2-3-14(21)11-15/h2-8,11,17H,9-10,12H2,1H3,(H,22,25)(H,23,27). The van der Waals surface area contributed by atoms with Gasteiger partial charge in [-0.15, -0.1) is 0 Å². The van der Waals surface area contributed by atoms with Crippen LogP contribution in [0.25, 0.3) is 0 Å². The first-order valence-electron chi connectivity index (χ1n) is 8.76. The maximum absolute atomic E-state index is 13.2. The molecule has 0 saturated carbocycles. The number of anilines is 1. The third-order valence-electron chi connectivity index (χ3n) is 4.38. The molecule has 1 aliphatic heterocycles. The zero-order chi connectivity index (χ0) is 20.1. The summed E-state index contributed by atoms with van der Waals surface area (Å²) in [4.78, 5) is 37.8. The third kappa shape index (κ3) is 4.64. The van der Waals surface area contributed by atoms with Gasteiger partial charge in [0.15, 0.2) is 0 Å². The summed E-state index contributed by atoms with van der Waals surface area (Å²) in [6.45, 7) is 0.140. The van der Waals surface area contributed by atoms with Crippen molar-refractivity contribution in [2.75, 3.05) is 12.4 Å². The molecular weight excluding hydrogens is 365 g/mol. The highest BCUT2D eigenvalue weighted by atomic mass is 19.1. The lowest BCUT2D eigenvalue weighted by Gasteiger charge is -2.13. The first kappa shape index (κ1) is 19.3. The Labute approximate surface area is 161 Å². The fraction of sp³-hybridized carbons (Fsp3) is 0.250. The largest absolute Gasteiger partial charge is 0.497 e. The Morgan fingerprint density at radius 2 is 1.96 bits per heavy atom. The fourth-order valence-corrected chi connectivity index (χ4v) is 2.90. The monoisotopic (exact) mass is 385 g/mol. The molecule has 1 aliphatic rings. The highest BCUT2D eigenvalue weighted by Gasteiger charge is 2.37. The van der Waals surface area contributed by atoms with Crippen molar-refractivity contribution in [3.8, 4) is 5.75 Å². The van der Waals surface area contributed by atoms with E-state index in [0.717, 1.165) is 10.5 Å². The average molecular weight is 385 g/mol. The molecule has 0 aromatic heterocycles. The van der Waals surface area contributed by atoms with Crippen LogP contribution in [0.3, 0.4) is 0 Å². The van der Waals surface area contributed by atoms with E-state index in [9.17, 15) is 18.8 Å². The molecule has 1 heterocycles. The Hall–Kier alpha value is -3.42. The van der Waals surface area contributed by atoms with Gasteiger partial charge in [-0.2, -0.15) is 0 Å². The first-order valence-corrected chi connectivity index (χ1v) is 8.76. The van der Waals surface area contributed by atoms with Crippen LogP contribution in [0.2, 0.25) is 0 Å². The number of rotatable bonds is 7. The van der Waals surface area contributed by atoms with Crippen molar-refractivity contribution in [1.82, 2.24) is 10.2 Å². The van der Waals surface area contributed by atoms with Crippen LogP contribution in [0.15, 0.2) is 48.5 Å². The Morgan fingerprint density at radius 3 is 2.64 bits per heavy atom. The van der Waals surface area contributed by atoms with Crippen LogP contribution in [0.1, 0.15) is 18.4 Å². The van der Waals surface area contributed by atoms with Gasteiger partial charge in [0.05, 0.1) is 13.7 Å². The maximum atomic E-state index is 13.2. The van der Waals surface area contributed by atoms with Crippen molar-refractivity contribution < 1.29 is 23.5 Å². The minimum atomic E-state index is -0.760. The van der Waals surface area contributed by atoms with Crippen LogP contribution in [-0.4, -0.2) is 35.9 Å². The predicted octanol–water partition coefficient (Wildman–Crippen LogP) is 2.67. The number of ether oxygens (including phenoxy) is 1. The molecule has 7 nitrogen and oxygen atoms in total. The third-order valence-corrected chi connectivity index (χ3v) is 4.38. The summed E-state index contributed by atoms with van der Waals surface area (Å²) in [5, 5.41) is 5.16. The van der Waals surface area contributed by atoms with E-state index >= 15 is 0 Å². The average Bonchev–Trinajstić information content (AvgIpc) is 2.94. The van der Waals surface area contributed by atoms with Crippen LogP contribution in [0, 0.1) is 5.82 Å². The second-order valence-electron chi connectivity index (χ2n) is 6.37. The van der Waals surface area contributed by atoms with Gasteiger partial charge in [-0.3, -0.25) is 14.5 Å². The molecule has 1 fully saturated rings. The van der Waals surface area contributed by atoms with E-state index in [1.54, 1.807) is 37.4 Å². The van der Waals surface area contributed by atoms with E-state index in [4.69, 9.17) is 4.74 Å². The molecule has 0 aliphatic carbocycles. The Kier molecular flexibility index (Phi) is 5.88. The molecule has 1 saturated heterocycles. The molecule has 8 heteroatoms. The van der Waals surface area contributed by atoms with Gasteiger partial charge in [-0.1, -0.05) is 18.2 Å². The van der Waals surface area contributed by atoms with Gasteiger partial charge in [-0.05, 0) is 42.3 Å². The van der Waals surface area contributed by atoms with Gasteiger partial charge in [0, 0.05) is 12.1 Å². The van der Waals surface area contributed by atoms with Crippen LogP contribution in [0.5, 0.6) is 5.75 Å². The van der Waals surface area contributed by atoms with Gasteiger partial charge in [0.1, 0.15) is 17.6 Å². The number of nitrogens with zero attached hydrogens (tertiary/aromatic N) is 1. The molecule has 1 unspecified atom stereocenters. The number of methoxy groups -OCH3 is 1. The summed E-state index contributed by atoms with van der Waals surface area (Å²) >= 11 is 0. The summed E-state index contributed by atoms with van der Waals surface area (Å²) in [5.74, 6) is -0.506. The fourth-order valence-electron chi connectivity index (χ4n) is 2.90. The van der Waals surface area contributed by atoms with E-state index < -0.39 is 17.9 Å². The molecule has 1 atom stereocenters. The Bertz CT molecular complexity index is 885. The molecule has 0 bridgehead atoms. The van der Waals surface area contributed by atoms with Gasteiger partial charge < -0.3 is 15.4 Å². The lowest BCUT2D eigenvalue weighted by molar-refractivity contribution is -0.128. The van der Waals surface area contributed by atoms with Crippen LogP contribution >= 0.6 is 0 Å². The van der Waals surface area contributed by atoms with E-state index in [-0.39, 0.29) is 31.2 Å². The molecule has 3 rings (SSSR count). The highest BCUT2D eigenvalue weighted by Crippen LogP contribution is 2.18. The molecule has 0 spiro atoms. The normalized spacial score (nSPS) is 16.1. The number of imide groups is 1. The smallest absolute Gasteiger partial charge is 0.325 e. The van der Waals surface area contributed by atoms with Crippen LogP contribution < -0.4 is 15.4 Å². The maximum Gasteiger partial charge on any atom is 0.325 e. The summed E-state index contributed by atoms with van der Waals surface area (Å²) in [6.07, 6.45) is 0.175. The number of urea groups is 1. The number of amides is 4. The lowest BCUT2D eigenvalue weighted by atomic mass is 10.1. The molecule has 146 valence electrons. The van der Waals surface area contributed by atoms with Gasteiger partial charge in [0.25, 0.3) is 5.91 Å². The Balaban J connectivity index is 1.53. The molecule has 2 aromatic carbocycles. The number of carbonyl (C=O) groups excluding carboxylic acids is 3. The van der Waals surface area contributed by atoms with Crippen molar-refractivity contribution in [2.24, 2.45) is 0 Å². The highest BCUT2D eigenvalue weighted by molar-refractivity contribution is 6.04. The number of halogens is 1. The molecule has 28 heavy (non-hydrogen) atoms. The molecular formula is C20H20FN3O4. The van der Waals surface area contributed by atoms with Crippen LogP contribution in [0.4, 0.5) is 14.9 Å². The first-order chi connectivity index (χ1) is 13.5. The van der Waals surface area contributed by atoms with E-state index in [1.807, 2.05) is 0 Å². The molecule has 2 N–H and O–H groups in total. The van der Waals surface area contributed by atoms with Gasteiger partial charge in [-0.25, -0.2) is 9.18 Å². The second-order valence-corrected chi connectivity index (χ2v) is 6.37. The molecule has 2 aromatic rings. The molecule has 0 radical (unpaired) electrons. The van der Waals surface area contributed by atoms with E-state index in [1.165, 1.54) is 18.2 Å². The molecule has 4 amide bonds. The number of hydrogen-bond acceptors (Lipinski definition) is 4. The predicted molar refractivity (Wildman–Crippen MR) is 100 cm³/mol. The number of carbonyl (C=O) groups is 3. The SMILES string of the molecule is COc1ccc(CN2C(=O)NC(CCC(=O)Nc3cccc(F)c3)C2=O)cc1. The summed E-state index contributed by atoms with van der Waals surface area (Å²) < 4.78 is 18.2. The zero-order valence-electron chi connectivity index (χ0n) is 15.3. The van der Waals surface area contributed by atoms with Crippen molar-refractivity contribution in [3.05, 3.63) is 59.9 Å². The number of hydrogen-bond donors (Lipinski definition) is 2. The summed E-state index contributed by atoms with van der Waals surface area (Å²) in [5.41, 5.74) is 1.13. The summed E-state index contributed by atoms with van der Waals surface area (Å²) in [7, 11) is 1.56. The number of nitrogens with one attached hydrogen (secondary N) is 2. The van der Waals surface area contributed by atoms with Crippen molar-refractivity contribution in [1.29, 1.82) is 0 Å². The van der Waals surface area contributed by atoms with Crippen molar-refractivity contribution in [2.45, 2.75) is 25.4 Å². The van der Waals surface area contributed by atoms with Crippen molar-refractivity contribution in [3.63, 3.8) is 0 Å². The van der Waals surface area contributed by atoms with Gasteiger partial charge >= 0.3 is 6.03 Å². The topological polar surface area (TPSA) is 87.7 Å². The Morgan fingerprint density at radius 1 is 1.21 bits per heavy atom. The lowest BCUT2D eigenvalue weighted by Crippen LogP contribution is -2.31. The minimum Gasteiger partial charge on any atom is -0.497 e.